The standard InChI is InChI=1S/C16H20N2O3/c1-11(7-16(20)21)9-17-15(19)10-18-12(2)8-13-5-3-4-6-14(13)18/h3-6,8,11H,7,9-10H2,1-2H3,(H,17,19)(H,20,21). The Morgan fingerprint density at radius 3 is 2.76 bits per heavy atom. The van der Waals surface area contributed by atoms with E-state index in [9.17, 15) is 9.59 Å². The Bertz CT molecular complexity index is 661. The van der Waals surface area contributed by atoms with Gasteiger partial charge in [-0.3, -0.25) is 9.59 Å². The van der Waals surface area contributed by atoms with Gasteiger partial charge in [-0.05, 0) is 30.4 Å². The van der Waals surface area contributed by atoms with Crippen molar-refractivity contribution in [2.45, 2.75) is 26.8 Å². The SMILES string of the molecule is Cc1cc2ccccc2n1CC(=O)NCC(C)CC(=O)O. The molecule has 2 N–H and O–H groups in total. The Balaban J connectivity index is 1.98. The molecule has 112 valence electrons. The van der Waals surface area contributed by atoms with E-state index in [0.29, 0.717) is 6.54 Å². The summed E-state index contributed by atoms with van der Waals surface area (Å²) >= 11 is 0. The molecule has 0 bridgehead atoms. The second-order valence-electron chi connectivity index (χ2n) is 5.44. The third-order valence-electron chi connectivity index (χ3n) is 3.49. The Morgan fingerprint density at radius 1 is 1.33 bits per heavy atom. The van der Waals surface area contributed by atoms with E-state index in [-0.39, 0.29) is 24.8 Å². The maximum atomic E-state index is 12.0. The van der Waals surface area contributed by atoms with Crippen molar-refractivity contribution in [3.63, 3.8) is 0 Å². The number of rotatable bonds is 6. The smallest absolute Gasteiger partial charge is 0.303 e. The maximum Gasteiger partial charge on any atom is 0.303 e. The van der Waals surface area contributed by atoms with Crippen LogP contribution in [0, 0.1) is 12.8 Å². The van der Waals surface area contributed by atoms with Gasteiger partial charge < -0.3 is 15.0 Å². The van der Waals surface area contributed by atoms with E-state index in [2.05, 4.69) is 11.4 Å². The fraction of sp³-hybridized carbons (Fsp3) is 0.375. The largest absolute Gasteiger partial charge is 0.481 e. The molecule has 1 aromatic heterocycles. The van der Waals surface area contributed by atoms with Crippen LogP contribution in [0.4, 0.5) is 0 Å². The number of nitrogens with one attached hydrogen (secondary N) is 1. The molecule has 0 radical (unpaired) electrons. The third kappa shape index (κ3) is 3.84. The molecule has 0 saturated carbocycles. The lowest BCUT2D eigenvalue weighted by atomic mass is 10.1. The number of hydrogen-bond donors (Lipinski definition) is 2. The summed E-state index contributed by atoms with van der Waals surface area (Å²) in [5.41, 5.74) is 2.06. The van der Waals surface area contributed by atoms with Crippen LogP contribution in [0.2, 0.25) is 0 Å². The second-order valence-corrected chi connectivity index (χ2v) is 5.44. The van der Waals surface area contributed by atoms with Crippen molar-refractivity contribution in [2.24, 2.45) is 5.92 Å². The quantitative estimate of drug-likeness (QED) is 0.855. The van der Waals surface area contributed by atoms with Crippen molar-refractivity contribution in [3.8, 4) is 0 Å². The van der Waals surface area contributed by atoms with Crippen LogP contribution in [0.1, 0.15) is 19.0 Å². The van der Waals surface area contributed by atoms with E-state index in [1.807, 2.05) is 42.7 Å². The fourth-order valence-corrected chi connectivity index (χ4v) is 2.42. The Kier molecular flexibility index (Phi) is 4.62. The predicted octanol–water partition coefficient (Wildman–Crippen LogP) is 2.18. The van der Waals surface area contributed by atoms with E-state index >= 15 is 0 Å². The van der Waals surface area contributed by atoms with Crippen molar-refractivity contribution in [1.82, 2.24) is 9.88 Å². The second kappa shape index (κ2) is 6.43. The summed E-state index contributed by atoms with van der Waals surface area (Å²) in [6.45, 7) is 4.41. The van der Waals surface area contributed by atoms with Gasteiger partial charge in [-0.2, -0.15) is 0 Å². The van der Waals surface area contributed by atoms with Gasteiger partial charge in [-0.15, -0.1) is 0 Å². The van der Waals surface area contributed by atoms with Crippen molar-refractivity contribution >= 4 is 22.8 Å². The molecule has 5 heteroatoms. The van der Waals surface area contributed by atoms with Crippen molar-refractivity contribution < 1.29 is 14.7 Å². The topological polar surface area (TPSA) is 71.3 Å². The third-order valence-corrected chi connectivity index (χ3v) is 3.49. The van der Waals surface area contributed by atoms with Crippen LogP contribution in [0.25, 0.3) is 10.9 Å². The van der Waals surface area contributed by atoms with E-state index in [0.717, 1.165) is 16.6 Å². The summed E-state index contributed by atoms with van der Waals surface area (Å²) < 4.78 is 1.96. The summed E-state index contributed by atoms with van der Waals surface area (Å²) in [5.74, 6) is -1.02. The molecule has 0 spiro atoms. The molecule has 1 aromatic carbocycles. The molecule has 1 heterocycles. The van der Waals surface area contributed by atoms with Crippen LogP contribution in [0.5, 0.6) is 0 Å². The number of fused-ring (bicyclic) bond motifs is 1. The van der Waals surface area contributed by atoms with Crippen molar-refractivity contribution in [1.29, 1.82) is 0 Å². The minimum atomic E-state index is -0.844. The number of carboxylic acids is 1. The molecule has 1 amide bonds. The molecule has 0 fully saturated rings. The lowest BCUT2D eigenvalue weighted by molar-refractivity contribution is -0.138. The Hall–Kier alpha value is -2.30. The fourth-order valence-electron chi connectivity index (χ4n) is 2.42. The van der Waals surface area contributed by atoms with Gasteiger partial charge in [0, 0.05) is 24.2 Å². The van der Waals surface area contributed by atoms with Gasteiger partial charge in [0.2, 0.25) is 5.91 Å². The van der Waals surface area contributed by atoms with Gasteiger partial charge >= 0.3 is 5.97 Å². The number of benzene rings is 1. The maximum absolute atomic E-state index is 12.0. The molecule has 2 aromatic rings. The van der Waals surface area contributed by atoms with Crippen LogP contribution in [0.15, 0.2) is 30.3 Å². The highest BCUT2D eigenvalue weighted by Crippen LogP contribution is 2.18. The predicted molar refractivity (Wildman–Crippen MR) is 81.1 cm³/mol. The number of aromatic nitrogens is 1. The summed E-state index contributed by atoms with van der Waals surface area (Å²) in [4.78, 5) is 22.6. The molecule has 5 nitrogen and oxygen atoms in total. The molecular formula is C16H20N2O3. The van der Waals surface area contributed by atoms with Crippen LogP contribution in [-0.2, 0) is 16.1 Å². The summed E-state index contributed by atoms with van der Waals surface area (Å²) in [6, 6.07) is 9.98. The summed E-state index contributed by atoms with van der Waals surface area (Å²) in [5, 5.41) is 12.6. The normalized spacial score (nSPS) is 12.3. The van der Waals surface area contributed by atoms with Gasteiger partial charge in [0.05, 0.1) is 0 Å². The molecular weight excluding hydrogens is 268 g/mol. The first kappa shape index (κ1) is 15.1. The summed E-state index contributed by atoms with van der Waals surface area (Å²) in [6.07, 6.45) is 0.0613. The number of para-hydroxylation sites is 1. The van der Waals surface area contributed by atoms with E-state index in [4.69, 9.17) is 5.11 Å². The number of carbonyl (C=O) groups is 2. The first-order valence-electron chi connectivity index (χ1n) is 7.00. The van der Waals surface area contributed by atoms with Crippen LogP contribution < -0.4 is 5.32 Å². The molecule has 1 atom stereocenters. The summed E-state index contributed by atoms with van der Waals surface area (Å²) in [7, 11) is 0. The van der Waals surface area contributed by atoms with Gasteiger partial charge in [0.1, 0.15) is 6.54 Å². The lowest BCUT2D eigenvalue weighted by Gasteiger charge is -2.12. The zero-order valence-electron chi connectivity index (χ0n) is 12.3. The Labute approximate surface area is 123 Å². The number of amides is 1. The van der Waals surface area contributed by atoms with Crippen LogP contribution in [0.3, 0.4) is 0 Å². The van der Waals surface area contributed by atoms with Gasteiger partial charge in [-0.1, -0.05) is 25.1 Å². The minimum absolute atomic E-state index is 0.0613. The van der Waals surface area contributed by atoms with Gasteiger partial charge in [0.15, 0.2) is 0 Å². The molecule has 0 aliphatic carbocycles. The monoisotopic (exact) mass is 288 g/mol. The number of aryl methyl sites for hydroxylation is 1. The molecule has 1 unspecified atom stereocenters. The number of carboxylic acid groups (broad SMARTS) is 1. The molecule has 0 aliphatic heterocycles. The number of aliphatic carboxylic acids is 1. The average Bonchev–Trinajstić information content (AvgIpc) is 2.72. The molecule has 0 saturated heterocycles. The first-order chi connectivity index (χ1) is 9.97. The molecule has 21 heavy (non-hydrogen) atoms. The van der Waals surface area contributed by atoms with Gasteiger partial charge in [0.25, 0.3) is 0 Å². The average molecular weight is 288 g/mol. The van der Waals surface area contributed by atoms with E-state index < -0.39 is 5.97 Å². The minimum Gasteiger partial charge on any atom is -0.481 e. The number of hydrogen-bond acceptors (Lipinski definition) is 2. The lowest BCUT2D eigenvalue weighted by Crippen LogP contribution is -2.32. The van der Waals surface area contributed by atoms with E-state index in [1.165, 1.54) is 0 Å². The van der Waals surface area contributed by atoms with E-state index in [1.54, 1.807) is 0 Å². The highest BCUT2D eigenvalue weighted by Gasteiger charge is 2.12. The zero-order valence-corrected chi connectivity index (χ0v) is 12.3. The van der Waals surface area contributed by atoms with Gasteiger partial charge in [-0.25, -0.2) is 0 Å². The van der Waals surface area contributed by atoms with Crippen LogP contribution >= 0.6 is 0 Å². The van der Waals surface area contributed by atoms with Crippen molar-refractivity contribution in [2.75, 3.05) is 6.54 Å². The highest BCUT2D eigenvalue weighted by molar-refractivity contribution is 5.84. The van der Waals surface area contributed by atoms with Crippen LogP contribution in [-0.4, -0.2) is 28.1 Å². The molecule has 0 aliphatic rings. The first-order valence-corrected chi connectivity index (χ1v) is 7.00. The Morgan fingerprint density at radius 2 is 2.05 bits per heavy atom. The number of nitrogens with zero attached hydrogens (tertiary/aromatic N) is 1. The van der Waals surface area contributed by atoms with Crippen molar-refractivity contribution in [3.05, 3.63) is 36.0 Å². The highest BCUT2D eigenvalue weighted by atomic mass is 16.4. The number of carbonyl (C=O) groups excluding carboxylic acids is 1. The zero-order chi connectivity index (χ0) is 15.4. The molecule has 2 rings (SSSR count).